The summed E-state index contributed by atoms with van der Waals surface area (Å²) in [6, 6.07) is 12.1. The molecule has 3 rings (SSSR count). The topological polar surface area (TPSA) is 87.6 Å². The molecular weight excluding hydrogens is 517 g/mol. The molecule has 1 aromatic carbocycles. The van der Waals surface area contributed by atoms with Gasteiger partial charge in [-0.3, -0.25) is 14.8 Å². The number of carbonyl (C=O) groups is 1. The Morgan fingerprint density at radius 1 is 1.16 bits per heavy atom. The molecule has 0 saturated carbocycles. The highest BCUT2D eigenvalue weighted by molar-refractivity contribution is 14.0. The van der Waals surface area contributed by atoms with E-state index in [0.717, 1.165) is 32.0 Å². The van der Waals surface area contributed by atoms with Gasteiger partial charge in [0.05, 0.1) is 11.7 Å². The number of aliphatic imine (C=N–C) groups is 1. The largest absolute Gasteiger partial charge is 0.373 e. The summed E-state index contributed by atoms with van der Waals surface area (Å²) in [6.07, 6.45) is 5.46. The Morgan fingerprint density at radius 3 is 2.66 bits per heavy atom. The third-order valence-corrected chi connectivity index (χ3v) is 5.31. The van der Waals surface area contributed by atoms with Gasteiger partial charge in [0, 0.05) is 51.1 Å². The summed E-state index contributed by atoms with van der Waals surface area (Å²) in [5.74, 6) is 0.973. The SMILES string of the molecule is CCNC(=NCC1CCCOC1c1ccc(C)cc1)NCCNC(=O)c1cccnc1.I. The highest BCUT2D eigenvalue weighted by Gasteiger charge is 2.27. The van der Waals surface area contributed by atoms with Gasteiger partial charge in [0.1, 0.15) is 0 Å². The van der Waals surface area contributed by atoms with Gasteiger partial charge in [-0.05, 0) is 44.4 Å². The quantitative estimate of drug-likeness (QED) is 0.203. The Labute approximate surface area is 207 Å². The molecule has 1 fully saturated rings. The summed E-state index contributed by atoms with van der Waals surface area (Å²) in [7, 11) is 0. The van der Waals surface area contributed by atoms with E-state index in [1.807, 2.05) is 6.92 Å². The lowest BCUT2D eigenvalue weighted by Crippen LogP contribution is -2.42. The Hall–Kier alpha value is -2.20. The lowest BCUT2D eigenvalue weighted by molar-refractivity contribution is -0.0250. The van der Waals surface area contributed by atoms with E-state index >= 15 is 0 Å². The highest BCUT2D eigenvalue weighted by atomic mass is 127. The molecule has 2 atom stereocenters. The number of hydrogen-bond acceptors (Lipinski definition) is 4. The fraction of sp³-hybridized carbons (Fsp3) is 0.458. The molecule has 0 aliphatic carbocycles. The molecule has 8 heteroatoms. The summed E-state index contributed by atoms with van der Waals surface area (Å²) in [4.78, 5) is 20.9. The first-order valence-corrected chi connectivity index (χ1v) is 11.1. The third-order valence-electron chi connectivity index (χ3n) is 5.31. The van der Waals surface area contributed by atoms with Crippen molar-refractivity contribution in [3.05, 3.63) is 65.5 Å². The molecule has 1 amide bonds. The predicted molar refractivity (Wildman–Crippen MR) is 139 cm³/mol. The van der Waals surface area contributed by atoms with Gasteiger partial charge in [-0.15, -0.1) is 24.0 Å². The van der Waals surface area contributed by atoms with Crippen molar-refractivity contribution in [2.75, 3.05) is 32.8 Å². The molecule has 1 aliphatic heterocycles. The molecule has 1 saturated heterocycles. The second kappa shape index (κ2) is 14.1. The molecule has 2 heterocycles. The Balaban J connectivity index is 0.00000363. The summed E-state index contributed by atoms with van der Waals surface area (Å²) in [5, 5.41) is 9.47. The molecule has 7 nitrogen and oxygen atoms in total. The van der Waals surface area contributed by atoms with E-state index in [1.165, 1.54) is 11.1 Å². The van der Waals surface area contributed by atoms with Crippen molar-refractivity contribution in [1.29, 1.82) is 0 Å². The smallest absolute Gasteiger partial charge is 0.252 e. The van der Waals surface area contributed by atoms with Gasteiger partial charge in [0.15, 0.2) is 5.96 Å². The fourth-order valence-electron chi connectivity index (χ4n) is 3.66. The molecule has 174 valence electrons. The first-order valence-electron chi connectivity index (χ1n) is 11.1. The van der Waals surface area contributed by atoms with Gasteiger partial charge in [-0.2, -0.15) is 0 Å². The number of nitrogens with zero attached hydrogens (tertiary/aromatic N) is 2. The zero-order valence-electron chi connectivity index (χ0n) is 18.8. The maximum absolute atomic E-state index is 12.1. The van der Waals surface area contributed by atoms with Crippen LogP contribution >= 0.6 is 24.0 Å². The predicted octanol–water partition coefficient (Wildman–Crippen LogP) is 3.46. The van der Waals surface area contributed by atoms with Crippen molar-refractivity contribution in [2.24, 2.45) is 10.9 Å². The number of rotatable bonds is 8. The molecule has 0 spiro atoms. The second-order valence-electron chi connectivity index (χ2n) is 7.75. The maximum Gasteiger partial charge on any atom is 0.252 e. The number of ether oxygens (including phenoxy) is 1. The number of hydrogen-bond donors (Lipinski definition) is 3. The Kier molecular flexibility index (Phi) is 11.4. The maximum atomic E-state index is 12.1. The highest BCUT2D eigenvalue weighted by Crippen LogP contribution is 2.33. The number of halogens is 1. The zero-order chi connectivity index (χ0) is 21.9. The number of amides is 1. The molecule has 32 heavy (non-hydrogen) atoms. The normalized spacial score (nSPS) is 18.4. The molecule has 1 aliphatic rings. The van der Waals surface area contributed by atoms with E-state index in [9.17, 15) is 4.79 Å². The number of pyridine rings is 1. The zero-order valence-corrected chi connectivity index (χ0v) is 21.2. The fourth-order valence-corrected chi connectivity index (χ4v) is 3.66. The van der Waals surface area contributed by atoms with Crippen LogP contribution in [0, 0.1) is 12.8 Å². The summed E-state index contributed by atoms with van der Waals surface area (Å²) in [5.41, 5.74) is 3.03. The lowest BCUT2D eigenvalue weighted by Gasteiger charge is -2.31. The first kappa shape index (κ1) is 26.1. The minimum Gasteiger partial charge on any atom is -0.373 e. The van der Waals surface area contributed by atoms with Crippen LogP contribution < -0.4 is 16.0 Å². The van der Waals surface area contributed by atoms with Crippen LogP contribution in [0.1, 0.15) is 47.4 Å². The van der Waals surface area contributed by atoms with Crippen molar-refractivity contribution < 1.29 is 9.53 Å². The number of guanidine groups is 1. The lowest BCUT2D eigenvalue weighted by atomic mass is 9.89. The van der Waals surface area contributed by atoms with Gasteiger partial charge >= 0.3 is 0 Å². The second-order valence-corrected chi connectivity index (χ2v) is 7.75. The summed E-state index contributed by atoms with van der Waals surface area (Å²) in [6.45, 7) is 7.48. The van der Waals surface area contributed by atoms with E-state index in [0.29, 0.717) is 31.1 Å². The summed E-state index contributed by atoms with van der Waals surface area (Å²) < 4.78 is 6.11. The average molecular weight is 551 g/mol. The van der Waals surface area contributed by atoms with E-state index in [-0.39, 0.29) is 36.0 Å². The molecular formula is C24H34IN5O2. The van der Waals surface area contributed by atoms with E-state index in [4.69, 9.17) is 9.73 Å². The number of aryl methyl sites for hydroxylation is 1. The van der Waals surface area contributed by atoms with Crippen molar-refractivity contribution in [3.63, 3.8) is 0 Å². The van der Waals surface area contributed by atoms with Crippen molar-refractivity contribution in [3.8, 4) is 0 Å². The van der Waals surface area contributed by atoms with Gasteiger partial charge in [-0.25, -0.2) is 0 Å². The van der Waals surface area contributed by atoms with Crippen molar-refractivity contribution in [2.45, 2.75) is 32.8 Å². The molecule has 3 N–H and O–H groups in total. The molecule has 0 radical (unpaired) electrons. The van der Waals surface area contributed by atoms with Crippen LogP contribution in [-0.4, -0.2) is 49.6 Å². The Morgan fingerprint density at radius 2 is 1.94 bits per heavy atom. The van der Waals surface area contributed by atoms with Crippen LogP contribution in [0.15, 0.2) is 53.8 Å². The summed E-state index contributed by atoms with van der Waals surface area (Å²) >= 11 is 0. The number of nitrogens with one attached hydrogen (secondary N) is 3. The monoisotopic (exact) mass is 551 g/mol. The van der Waals surface area contributed by atoms with Gasteiger partial charge in [0.25, 0.3) is 5.91 Å². The molecule has 0 bridgehead atoms. The van der Waals surface area contributed by atoms with Gasteiger partial charge in [-0.1, -0.05) is 29.8 Å². The van der Waals surface area contributed by atoms with Crippen LogP contribution in [0.4, 0.5) is 0 Å². The Bertz CT molecular complexity index is 845. The van der Waals surface area contributed by atoms with Crippen LogP contribution in [0.2, 0.25) is 0 Å². The number of benzene rings is 1. The first-order chi connectivity index (χ1) is 15.2. The molecule has 2 unspecified atom stereocenters. The van der Waals surface area contributed by atoms with Crippen LogP contribution in [-0.2, 0) is 4.74 Å². The van der Waals surface area contributed by atoms with Crippen LogP contribution in [0.3, 0.4) is 0 Å². The molecule has 1 aromatic heterocycles. The minimum absolute atomic E-state index is 0. The van der Waals surface area contributed by atoms with E-state index in [2.05, 4.69) is 52.1 Å². The standard InChI is InChI=1S/C24H33N5O2.HI/c1-3-26-24(28-14-13-27-23(30)21-6-4-12-25-16-21)29-17-20-7-5-15-31-22(20)19-10-8-18(2)9-11-19;/h4,6,8-12,16,20,22H,3,5,7,13-15,17H2,1-2H3,(H,27,30)(H2,26,28,29);1H. The molecule has 2 aromatic rings. The van der Waals surface area contributed by atoms with Crippen LogP contribution in [0.25, 0.3) is 0 Å². The average Bonchev–Trinajstić information content (AvgIpc) is 2.81. The van der Waals surface area contributed by atoms with Crippen molar-refractivity contribution in [1.82, 2.24) is 20.9 Å². The van der Waals surface area contributed by atoms with E-state index < -0.39 is 0 Å². The van der Waals surface area contributed by atoms with Gasteiger partial charge in [0.2, 0.25) is 0 Å². The minimum atomic E-state index is -0.128. The number of aromatic nitrogens is 1. The van der Waals surface area contributed by atoms with Crippen LogP contribution in [0.5, 0.6) is 0 Å². The van der Waals surface area contributed by atoms with Crippen molar-refractivity contribution >= 4 is 35.8 Å². The third kappa shape index (κ3) is 8.05. The van der Waals surface area contributed by atoms with Gasteiger partial charge < -0.3 is 20.7 Å². The number of carbonyl (C=O) groups excluding carboxylic acids is 1. The van der Waals surface area contributed by atoms with E-state index in [1.54, 1.807) is 24.5 Å².